The Labute approximate surface area is 125 Å². The van der Waals surface area contributed by atoms with Gasteiger partial charge in [-0.25, -0.2) is 9.59 Å². The van der Waals surface area contributed by atoms with Gasteiger partial charge in [-0.15, -0.1) is 0 Å². The zero-order chi connectivity index (χ0) is 15.3. The second-order valence-electron chi connectivity index (χ2n) is 6.12. The highest BCUT2D eigenvalue weighted by Crippen LogP contribution is 2.24. The van der Waals surface area contributed by atoms with Crippen molar-refractivity contribution in [3.8, 4) is 0 Å². The summed E-state index contributed by atoms with van der Waals surface area (Å²) < 4.78 is 5.28. The van der Waals surface area contributed by atoms with E-state index in [0.29, 0.717) is 19.6 Å². The van der Waals surface area contributed by atoms with Gasteiger partial charge in [0, 0.05) is 13.1 Å². The Balaban J connectivity index is 1.59. The topological polar surface area (TPSA) is 82.1 Å². The SMILES string of the molecule is CC1(OCC(=O)O)CN(C(=O)NCCN2CCCCC2)C1. The van der Waals surface area contributed by atoms with E-state index in [9.17, 15) is 9.59 Å². The maximum Gasteiger partial charge on any atom is 0.329 e. The number of amides is 2. The predicted octanol–water partition coefficient (Wildman–Crippen LogP) is 0.357. The number of likely N-dealkylation sites (tertiary alicyclic amines) is 2. The number of hydrogen-bond donors (Lipinski definition) is 2. The molecule has 2 amide bonds. The van der Waals surface area contributed by atoms with E-state index in [1.807, 2.05) is 6.92 Å². The van der Waals surface area contributed by atoms with Crippen LogP contribution in [-0.2, 0) is 9.53 Å². The van der Waals surface area contributed by atoms with Gasteiger partial charge in [-0.1, -0.05) is 6.42 Å². The minimum Gasteiger partial charge on any atom is -0.480 e. The van der Waals surface area contributed by atoms with Crippen LogP contribution in [0.1, 0.15) is 26.2 Å². The Bertz CT molecular complexity index is 376. The summed E-state index contributed by atoms with van der Waals surface area (Å²) in [6.45, 7) is 6.19. The first-order chi connectivity index (χ1) is 9.98. The lowest BCUT2D eigenvalue weighted by molar-refractivity contribution is -0.159. The number of piperidine rings is 1. The number of carbonyl (C=O) groups excluding carboxylic acids is 1. The van der Waals surface area contributed by atoms with Gasteiger partial charge in [0.2, 0.25) is 0 Å². The van der Waals surface area contributed by atoms with Crippen LogP contribution < -0.4 is 5.32 Å². The number of hydrogen-bond acceptors (Lipinski definition) is 4. The molecule has 0 unspecified atom stereocenters. The molecular weight excluding hydrogens is 274 g/mol. The largest absolute Gasteiger partial charge is 0.480 e. The van der Waals surface area contributed by atoms with Gasteiger partial charge in [0.15, 0.2) is 0 Å². The van der Waals surface area contributed by atoms with E-state index in [1.54, 1.807) is 4.90 Å². The first-order valence-electron chi connectivity index (χ1n) is 7.59. The molecule has 7 heteroatoms. The number of carboxylic acids is 1. The van der Waals surface area contributed by atoms with Gasteiger partial charge in [-0.05, 0) is 32.9 Å². The molecule has 2 aliphatic heterocycles. The summed E-state index contributed by atoms with van der Waals surface area (Å²) in [6, 6.07) is -0.0941. The lowest BCUT2D eigenvalue weighted by Crippen LogP contribution is -2.65. The van der Waals surface area contributed by atoms with Crippen molar-refractivity contribution in [2.75, 3.05) is 45.9 Å². The van der Waals surface area contributed by atoms with E-state index in [-0.39, 0.29) is 12.6 Å². The minimum absolute atomic E-state index is 0.0941. The van der Waals surface area contributed by atoms with Gasteiger partial charge in [0.05, 0.1) is 13.1 Å². The van der Waals surface area contributed by atoms with E-state index in [2.05, 4.69) is 10.2 Å². The normalized spacial score (nSPS) is 21.7. The van der Waals surface area contributed by atoms with Gasteiger partial charge in [-0.3, -0.25) is 0 Å². The molecule has 0 aromatic heterocycles. The summed E-state index contributed by atoms with van der Waals surface area (Å²) in [5.74, 6) is -0.986. The number of carboxylic acid groups (broad SMARTS) is 1. The number of nitrogens with one attached hydrogen (secondary N) is 1. The first-order valence-corrected chi connectivity index (χ1v) is 7.59. The van der Waals surface area contributed by atoms with E-state index in [1.165, 1.54) is 19.3 Å². The summed E-state index contributed by atoms with van der Waals surface area (Å²) in [5, 5.41) is 11.5. The van der Waals surface area contributed by atoms with Crippen LogP contribution in [0.5, 0.6) is 0 Å². The zero-order valence-corrected chi connectivity index (χ0v) is 12.6. The van der Waals surface area contributed by atoms with Crippen molar-refractivity contribution in [2.24, 2.45) is 0 Å². The number of ether oxygens (including phenoxy) is 1. The number of carbonyl (C=O) groups is 2. The van der Waals surface area contributed by atoms with Gasteiger partial charge < -0.3 is 25.0 Å². The maximum atomic E-state index is 11.9. The molecule has 120 valence electrons. The number of aliphatic carboxylic acids is 1. The minimum atomic E-state index is -0.986. The number of rotatable bonds is 6. The standard InChI is InChI=1S/C14H25N3O4/c1-14(21-9-12(18)19)10-17(11-14)13(20)15-5-8-16-6-3-2-4-7-16/h2-11H2,1H3,(H,15,20)(H,18,19). The summed E-state index contributed by atoms with van der Waals surface area (Å²) in [6.07, 6.45) is 3.81. The molecule has 0 aromatic rings. The van der Waals surface area contributed by atoms with Gasteiger partial charge in [0.25, 0.3) is 0 Å². The average molecular weight is 299 g/mol. The quantitative estimate of drug-likeness (QED) is 0.740. The molecule has 2 aliphatic rings. The third-order valence-corrected chi connectivity index (χ3v) is 4.03. The Morgan fingerprint density at radius 2 is 1.90 bits per heavy atom. The summed E-state index contributed by atoms with van der Waals surface area (Å²) in [7, 11) is 0. The highest BCUT2D eigenvalue weighted by atomic mass is 16.5. The van der Waals surface area contributed by atoms with Gasteiger partial charge in [-0.2, -0.15) is 0 Å². The fourth-order valence-electron chi connectivity index (χ4n) is 2.85. The highest BCUT2D eigenvalue weighted by Gasteiger charge is 2.42. The third kappa shape index (κ3) is 4.86. The van der Waals surface area contributed by atoms with Crippen LogP contribution in [0.25, 0.3) is 0 Å². The molecule has 2 saturated heterocycles. The van der Waals surface area contributed by atoms with E-state index < -0.39 is 11.6 Å². The predicted molar refractivity (Wildman–Crippen MR) is 77.3 cm³/mol. The van der Waals surface area contributed by atoms with Crippen LogP contribution >= 0.6 is 0 Å². The Morgan fingerprint density at radius 3 is 2.52 bits per heavy atom. The van der Waals surface area contributed by atoms with Crippen molar-refractivity contribution in [1.82, 2.24) is 15.1 Å². The highest BCUT2D eigenvalue weighted by molar-refractivity contribution is 5.75. The average Bonchev–Trinajstić information content (AvgIpc) is 2.43. The molecule has 7 nitrogen and oxygen atoms in total. The molecule has 0 radical (unpaired) electrons. The lowest BCUT2D eigenvalue weighted by Gasteiger charge is -2.47. The van der Waals surface area contributed by atoms with Crippen LogP contribution in [-0.4, -0.2) is 78.4 Å². The zero-order valence-electron chi connectivity index (χ0n) is 12.6. The third-order valence-electron chi connectivity index (χ3n) is 4.03. The summed E-state index contributed by atoms with van der Waals surface area (Å²) in [5.41, 5.74) is -0.525. The molecule has 2 fully saturated rings. The molecule has 0 saturated carbocycles. The second kappa shape index (κ2) is 7.09. The van der Waals surface area contributed by atoms with E-state index in [0.717, 1.165) is 19.6 Å². The van der Waals surface area contributed by atoms with Crippen LogP contribution in [0.2, 0.25) is 0 Å². The van der Waals surface area contributed by atoms with Crippen molar-refractivity contribution < 1.29 is 19.4 Å². The van der Waals surface area contributed by atoms with Crippen LogP contribution in [0, 0.1) is 0 Å². The maximum absolute atomic E-state index is 11.9. The summed E-state index contributed by atoms with van der Waals surface area (Å²) >= 11 is 0. The second-order valence-corrected chi connectivity index (χ2v) is 6.12. The Hall–Kier alpha value is -1.34. The monoisotopic (exact) mass is 299 g/mol. The molecule has 0 atom stereocenters. The molecule has 0 aliphatic carbocycles. The molecule has 2 N–H and O–H groups in total. The van der Waals surface area contributed by atoms with E-state index in [4.69, 9.17) is 9.84 Å². The first kappa shape index (κ1) is 16.0. The molecule has 2 rings (SSSR count). The number of urea groups is 1. The molecule has 0 aromatic carbocycles. The smallest absolute Gasteiger partial charge is 0.329 e. The molecule has 2 heterocycles. The molecule has 21 heavy (non-hydrogen) atoms. The van der Waals surface area contributed by atoms with Gasteiger partial charge >= 0.3 is 12.0 Å². The van der Waals surface area contributed by atoms with Crippen molar-refractivity contribution in [2.45, 2.75) is 31.8 Å². The van der Waals surface area contributed by atoms with Crippen LogP contribution in [0.4, 0.5) is 4.79 Å². The van der Waals surface area contributed by atoms with Crippen LogP contribution in [0.3, 0.4) is 0 Å². The Kier molecular flexibility index (Phi) is 5.41. The molecule has 0 bridgehead atoms. The van der Waals surface area contributed by atoms with Gasteiger partial charge in [0.1, 0.15) is 12.2 Å². The lowest BCUT2D eigenvalue weighted by atomic mass is 9.97. The Morgan fingerprint density at radius 1 is 1.24 bits per heavy atom. The van der Waals surface area contributed by atoms with Crippen LogP contribution in [0.15, 0.2) is 0 Å². The fourth-order valence-corrected chi connectivity index (χ4v) is 2.85. The van der Waals surface area contributed by atoms with Crippen molar-refractivity contribution in [3.05, 3.63) is 0 Å². The van der Waals surface area contributed by atoms with Crippen molar-refractivity contribution in [1.29, 1.82) is 0 Å². The van der Waals surface area contributed by atoms with Crippen molar-refractivity contribution in [3.63, 3.8) is 0 Å². The molecule has 0 spiro atoms. The number of nitrogens with zero attached hydrogens (tertiary/aromatic N) is 2. The summed E-state index contributed by atoms with van der Waals surface area (Å²) in [4.78, 5) is 26.4. The van der Waals surface area contributed by atoms with Crippen molar-refractivity contribution >= 4 is 12.0 Å². The fraction of sp³-hybridized carbons (Fsp3) is 0.857. The van der Waals surface area contributed by atoms with E-state index >= 15 is 0 Å². The molecular formula is C14H25N3O4.